The second-order valence-corrected chi connectivity index (χ2v) is 3.29. The summed E-state index contributed by atoms with van der Waals surface area (Å²) >= 11 is 0. The van der Waals surface area contributed by atoms with Crippen molar-refractivity contribution in [3.05, 3.63) is 24.0 Å². The Bertz CT molecular complexity index is 504. The molecule has 2 heterocycles. The van der Waals surface area contributed by atoms with Crippen molar-refractivity contribution in [3.63, 3.8) is 0 Å². The zero-order valence-corrected chi connectivity index (χ0v) is 9.51. The van der Waals surface area contributed by atoms with Crippen molar-refractivity contribution in [2.45, 2.75) is 6.92 Å². The lowest BCUT2D eigenvalue weighted by atomic mass is 10.3. The van der Waals surface area contributed by atoms with Gasteiger partial charge in [-0.15, -0.1) is 0 Å². The summed E-state index contributed by atoms with van der Waals surface area (Å²) in [6, 6.07) is 3.37. The fraction of sp³-hybridized carbons (Fsp3) is 0.300. The summed E-state index contributed by atoms with van der Waals surface area (Å²) in [5.41, 5.74) is 1.66. The number of aromatic nitrogens is 4. The molecule has 0 saturated carbocycles. The van der Waals surface area contributed by atoms with Crippen molar-refractivity contribution in [3.8, 4) is 11.4 Å². The lowest BCUT2D eigenvalue weighted by molar-refractivity contribution is -0.237. The van der Waals surface area contributed by atoms with Crippen molar-refractivity contribution >= 4 is 5.97 Å². The van der Waals surface area contributed by atoms with Gasteiger partial charge in [-0.1, -0.05) is 0 Å². The van der Waals surface area contributed by atoms with E-state index < -0.39 is 5.97 Å². The number of hydrogen-bond acceptors (Lipinski definition) is 5. The number of carbonyl (C=O) groups is 1. The first kappa shape index (κ1) is 11.3. The number of nitrogens with one attached hydrogen (secondary N) is 1. The van der Waals surface area contributed by atoms with E-state index in [9.17, 15) is 4.79 Å². The maximum absolute atomic E-state index is 11.6. The first-order chi connectivity index (χ1) is 8.22. The van der Waals surface area contributed by atoms with Gasteiger partial charge in [0.1, 0.15) is 11.4 Å². The molecule has 0 amide bonds. The minimum absolute atomic E-state index is 0.303. The fourth-order valence-electron chi connectivity index (χ4n) is 1.34. The van der Waals surface area contributed by atoms with Crippen LogP contribution in [0.5, 0.6) is 0 Å². The summed E-state index contributed by atoms with van der Waals surface area (Å²) in [6.07, 6.45) is 1.61. The smallest absolute Gasteiger partial charge is 0.291 e. The zero-order chi connectivity index (χ0) is 12.3. The Balaban J connectivity index is 2.22. The molecular formula is C10H12N4O3. The molecule has 0 aliphatic heterocycles. The highest BCUT2D eigenvalue weighted by molar-refractivity contribution is 5.88. The largest absolute Gasteiger partial charge is 0.390 e. The summed E-state index contributed by atoms with van der Waals surface area (Å²) in [5, 5.41) is 10.8. The molecule has 90 valence electrons. The third kappa shape index (κ3) is 2.34. The molecule has 7 heteroatoms. The fourth-order valence-corrected chi connectivity index (χ4v) is 1.34. The number of nitrogens with zero attached hydrogens (tertiary/aromatic N) is 3. The number of aryl methyl sites for hydroxylation is 1. The van der Waals surface area contributed by atoms with Gasteiger partial charge in [0, 0.05) is 19.3 Å². The highest BCUT2D eigenvalue weighted by Crippen LogP contribution is 2.16. The van der Waals surface area contributed by atoms with E-state index >= 15 is 0 Å². The molecule has 0 fully saturated rings. The molecule has 0 bridgehead atoms. The first-order valence-corrected chi connectivity index (χ1v) is 5.10. The minimum Gasteiger partial charge on any atom is -0.291 e. The van der Waals surface area contributed by atoms with E-state index in [1.807, 2.05) is 0 Å². The van der Waals surface area contributed by atoms with Gasteiger partial charge in [0.05, 0.1) is 12.3 Å². The van der Waals surface area contributed by atoms with Gasteiger partial charge in [-0.2, -0.15) is 15.1 Å². The van der Waals surface area contributed by atoms with E-state index in [-0.39, 0.29) is 0 Å². The molecule has 0 radical (unpaired) electrons. The molecule has 0 atom stereocenters. The van der Waals surface area contributed by atoms with Crippen molar-refractivity contribution < 1.29 is 14.6 Å². The number of rotatable bonds is 4. The Morgan fingerprint density at radius 1 is 1.59 bits per heavy atom. The van der Waals surface area contributed by atoms with E-state index in [1.165, 1.54) is 4.68 Å². The molecule has 2 aromatic rings. The van der Waals surface area contributed by atoms with Gasteiger partial charge in [-0.05, 0) is 13.0 Å². The predicted octanol–water partition coefficient (Wildman–Crippen LogP) is 0.918. The Morgan fingerprint density at radius 3 is 3.06 bits per heavy atom. The Morgan fingerprint density at radius 2 is 2.41 bits per heavy atom. The van der Waals surface area contributed by atoms with E-state index in [1.54, 1.807) is 32.3 Å². The van der Waals surface area contributed by atoms with Crippen molar-refractivity contribution in [1.29, 1.82) is 0 Å². The molecule has 0 aliphatic carbocycles. The maximum Gasteiger partial charge on any atom is 0.390 e. The van der Waals surface area contributed by atoms with E-state index in [2.05, 4.69) is 25.1 Å². The summed E-state index contributed by atoms with van der Waals surface area (Å²) in [4.78, 5) is 20.7. The molecule has 0 spiro atoms. The quantitative estimate of drug-likeness (QED) is 0.630. The van der Waals surface area contributed by atoms with Gasteiger partial charge >= 0.3 is 5.97 Å². The Labute approximate surface area is 97.3 Å². The van der Waals surface area contributed by atoms with E-state index in [0.29, 0.717) is 18.0 Å². The van der Waals surface area contributed by atoms with E-state index in [0.717, 1.165) is 5.69 Å². The predicted molar refractivity (Wildman–Crippen MR) is 57.8 cm³/mol. The zero-order valence-electron chi connectivity index (χ0n) is 9.51. The van der Waals surface area contributed by atoms with Gasteiger partial charge < -0.3 is 0 Å². The van der Waals surface area contributed by atoms with Crippen LogP contribution in [-0.4, -0.2) is 32.6 Å². The van der Waals surface area contributed by atoms with Crippen LogP contribution in [0.3, 0.4) is 0 Å². The standard InChI is InChI=1S/C10H12N4O3/c1-3-16-17-10(15)9-6-8(13-14(9)2)7-4-5-11-12-7/h4-6H,3H2,1-2H3,(H,11,12). The van der Waals surface area contributed by atoms with Crippen LogP contribution in [0.15, 0.2) is 18.3 Å². The molecule has 0 aromatic carbocycles. The second kappa shape index (κ2) is 4.79. The number of carbonyl (C=O) groups excluding carboxylic acids is 1. The summed E-state index contributed by atoms with van der Waals surface area (Å²) in [7, 11) is 1.66. The van der Waals surface area contributed by atoms with Crippen LogP contribution in [0.4, 0.5) is 0 Å². The lowest BCUT2D eigenvalue weighted by Gasteiger charge is -2.00. The van der Waals surface area contributed by atoms with Gasteiger partial charge in [0.2, 0.25) is 0 Å². The van der Waals surface area contributed by atoms with Crippen LogP contribution in [0, 0.1) is 0 Å². The summed E-state index contributed by atoms with van der Waals surface area (Å²) in [6.45, 7) is 2.03. The summed E-state index contributed by atoms with van der Waals surface area (Å²) < 4.78 is 1.43. The van der Waals surface area contributed by atoms with Crippen LogP contribution in [0.25, 0.3) is 11.4 Å². The van der Waals surface area contributed by atoms with Crippen LogP contribution < -0.4 is 0 Å². The second-order valence-electron chi connectivity index (χ2n) is 3.29. The van der Waals surface area contributed by atoms with E-state index in [4.69, 9.17) is 0 Å². The highest BCUT2D eigenvalue weighted by Gasteiger charge is 2.16. The number of aromatic amines is 1. The average Bonchev–Trinajstić information content (AvgIpc) is 2.94. The van der Waals surface area contributed by atoms with Gasteiger partial charge in [-0.3, -0.25) is 14.7 Å². The van der Waals surface area contributed by atoms with Crippen LogP contribution in [0.1, 0.15) is 17.4 Å². The molecular weight excluding hydrogens is 224 g/mol. The Kier molecular flexibility index (Phi) is 3.20. The topological polar surface area (TPSA) is 82.0 Å². The molecule has 1 N–H and O–H groups in total. The average molecular weight is 236 g/mol. The molecule has 2 aromatic heterocycles. The van der Waals surface area contributed by atoms with Crippen molar-refractivity contribution in [1.82, 2.24) is 20.0 Å². The molecule has 0 aliphatic rings. The molecule has 0 saturated heterocycles. The van der Waals surface area contributed by atoms with Gasteiger partial charge in [-0.25, -0.2) is 4.79 Å². The SMILES string of the molecule is CCOOC(=O)c1cc(-c2ccn[nH]2)nn1C. The Hall–Kier alpha value is -2.15. The van der Waals surface area contributed by atoms with Crippen LogP contribution >= 0.6 is 0 Å². The summed E-state index contributed by atoms with van der Waals surface area (Å²) in [5.74, 6) is -0.576. The van der Waals surface area contributed by atoms with Crippen LogP contribution in [0.2, 0.25) is 0 Å². The monoisotopic (exact) mass is 236 g/mol. The van der Waals surface area contributed by atoms with Crippen molar-refractivity contribution in [2.24, 2.45) is 7.05 Å². The molecule has 17 heavy (non-hydrogen) atoms. The number of hydrogen-bond donors (Lipinski definition) is 1. The first-order valence-electron chi connectivity index (χ1n) is 5.10. The third-order valence-corrected chi connectivity index (χ3v) is 2.12. The van der Waals surface area contributed by atoms with Gasteiger partial charge in [0.15, 0.2) is 0 Å². The van der Waals surface area contributed by atoms with Gasteiger partial charge in [0.25, 0.3) is 0 Å². The lowest BCUT2D eigenvalue weighted by Crippen LogP contribution is -2.10. The van der Waals surface area contributed by atoms with Crippen molar-refractivity contribution in [2.75, 3.05) is 6.61 Å². The maximum atomic E-state index is 11.6. The normalized spacial score (nSPS) is 10.5. The minimum atomic E-state index is -0.576. The molecule has 2 rings (SSSR count). The third-order valence-electron chi connectivity index (χ3n) is 2.12. The molecule has 0 unspecified atom stereocenters. The number of H-pyrrole nitrogens is 1. The molecule has 7 nitrogen and oxygen atoms in total. The van der Waals surface area contributed by atoms with Crippen LogP contribution in [-0.2, 0) is 16.8 Å². The highest BCUT2D eigenvalue weighted by atomic mass is 17.2.